The van der Waals surface area contributed by atoms with Gasteiger partial charge in [0, 0.05) is 11.6 Å². The summed E-state index contributed by atoms with van der Waals surface area (Å²) in [7, 11) is 0. The first-order valence-corrected chi connectivity index (χ1v) is 7.00. The number of carbonyl (C=O) groups is 1. The van der Waals surface area contributed by atoms with E-state index in [1.54, 1.807) is 6.07 Å². The van der Waals surface area contributed by atoms with Gasteiger partial charge in [0.05, 0.1) is 4.83 Å². The molecule has 1 amide bonds. The van der Waals surface area contributed by atoms with Crippen LogP contribution in [-0.4, -0.2) is 15.9 Å². The van der Waals surface area contributed by atoms with Gasteiger partial charge >= 0.3 is 0 Å². The lowest BCUT2D eigenvalue weighted by Gasteiger charge is -2.04. The standard InChI is InChI=1S/C14H15BrN2O2/c1-3-11(15)14(18)16-13-8-12(17-19-13)10-6-4-9(2)5-7-10/h4-8,11H,3H2,1-2H3,(H,16,18). The van der Waals surface area contributed by atoms with Crippen molar-refractivity contribution in [3.8, 4) is 11.3 Å². The molecule has 1 aromatic carbocycles. The van der Waals surface area contributed by atoms with E-state index >= 15 is 0 Å². The first-order chi connectivity index (χ1) is 9.10. The normalized spacial score (nSPS) is 12.2. The molecule has 0 radical (unpaired) electrons. The number of nitrogens with zero attached hydrogens (tertiary/aromatic N) is 1. The van der Waals surface area contributed by atoms with Crippen molar-refractivity contribution >= 4 is 27.7 Å². The number of anilines is 1. The summed E-state index contributed by atoms with van der Waals surface area (Å²) in [5.41, 5.74) is 2.85. The van der Waals surface area contributed by atoms with Gasteiger partial charge in [-0.15, -0.1) is 0 Å². The monoisotopic (exact) mass is 322 g/mol. The Morgan fingerprint density at radius 2 is 2.11 bits per heavy atom. The second kappa shape index (κ2) is 6.02. The van der Waals surface area contributed by atoms with Crippen molar-refractivity contribution in [1.82, 2.24) is 5.16 Å². The van der Waals surface area contributed by atoms with E-state index in [2.05, 4.69) is 26.4 Å². The van der Waals surface area contributed by atoms with E-state index in [0.29, 0.717) is 18.0 Å². The van der Waals surface area contributed by atoms with E-state index in [1.807, 2.05) is 38.1 Å². The molecule has 2 rings (SSSR count). The molecule has 0 spiro atoms. The highest BCUT2D eigenvalue weighted by molar-refractivity contribution is 9.10. The van der Waals surface area contributed by atoms with Gasteiger partial charge in [0.15, 0.2) is 0 Å². The van der Waals surface area contributed by atoms with Gasteiger partial charge in [-0.1, -0.05) is 57.8 Å². The van der Waals surface area contributed by atoms with Crippen molar-refractivity contribution in [2.45, 2.75) is 25.1 Å². The Morgan fingerprint density at radius 1 is 1.42 bits per heavy atom. The van der Waals surface area contributed by atoms with E-state index < -0.39 is 0 Å². The first-order valence-electron chi connectivity index (χ1n) is 6.09. The van der Waals surface area contributed by atoms with Crippen molar-refractivity contribution in [3.63, 3.8) is 0 Å². The summed E-state index contributed by atoms with van der Waals surface area (Å²) in [5, 5.41) is 6.63. The van der Waals surface area contributed by atoms with Gasteiger partial charge in [0.25, 0.3) is 0 Å². The molecule has 5 heteroatoms. The minimum Gasteiger partial charge on any atom is -0.338 e. The minimum absolute atomic E-state index is 0.130. The third-order valence-corrected chi connectivity index (χ3v) is 3.81. The molecule has 19 heavy (non-hydrogen) atoms. The Balaban J connectivity index is 2.11. The average molecular weight is 323 g/mol. The van der Waals surface area contributed by atoms with E-state index in [1.165, 1.54) is 5.56 Å². The lowest BCUT2D eigenvalue weighted by Crippen LogP contribution is -2.21. The SMILES string of the molecule is CCC(Br)C(=O)Nc1cc(-c2ccc(C)cc2)no1. The smallest absolute Gasteiger partial charge is 0.240 e. The topological polar surface area (TPSA) is 55.1 Å². The molecule has 1 atom stereocenters. The van der Waals surface area contributed by atoms with E-state index in [4.69, 9.17) is 4.52 Å². The third kappa shape index (κ3) is 3.44. The minimum atomic E-state index is -0.222. The van der Waals surface area contributed by atoms with Crippen LogP contribution in [0.15, 0.2) is 34.9 Å². The third-order valence-electron chi connectivity index (χ3n) is 2.75. The zero-order valence-corrected chi connectivity index (χ0v) is 12.4. The molecule has 0 aliphatic carbocycles. The van der Waals surface area contributed by atoms with Crippen LogP contribution in [0.2, 0.25) is 0 Å². The molecule has 1 N–H and O–H groups in total. The Bertz CT molecular complexity index is 563. The Hall–Kier alpha value is -1.62. The highest BCUT2D eigenvalue weighted by Gasteiger charge is 2.15. The lowest BCUT2D eigenvalue weighted by atomic mass is 10.1. The summed E-state index contributed by atoms with van der Waals surface area (Å²) in [6.07, 6.45) is 0.713. The maximum Gasteiger partial charge on any atom is 0.240 e. The Labute approximate surface area is 120 Å². The highest BCUT2D eigenvalue weighted by Crippen LogP contribution is 2.22. The maximum atomic E-state index is 11.7. The molecule has 1 heterocycles. The summed E-state index contributed by atoms with van der Waals surface area (Å²) in [4.78, 5) is 11.5. The van der Waals surface area contributed by atoms with E-state index in [0.717, 1.165) is 5.56 Å². The van der Waals surface area contributed by atoms with Crippen LogP contribution < -0.4 is 5.32 Å². The number of hydrogen-bond donors (Lipinski definition) is 1. The molecule has 0 fully saturated rings. The second-order valence-corrected chi connectivity index (χ2v) is 5.41. The molecule has 0 bridgehead atoms. The van der Waals surface area contributed by atoms with Crippen LogP contribution in [0.1, 0.15) is 18.9 Å². The summed E-state index contributed by atoms with van der Waals surface area (Å²) in [6, 6.07) is 9.68. The zero-order chi connectivity index (χ0) is 13.8. The number of alkyl halides is 1. The zero-order valence-electron chi connectivity index (χ0n) is 10.8. The summed E-state index contributed by atoms with van der Waals surface area (Å²) in [5.74, 6) is 0.229. The summed E-state index contributed by atoms with van der Waals surface area (Å²) >= 11 is 3.29. The van der Waals surface area contributed by atoms with Crippen LogP contribution in [0.5, 0.6) is 0 Å². The molecule has 1 unspecified atom stereocenters. The number of nitrogens with one attached hydrogen (secondary N) is 1. The highest BCUT2D eigenvalue weighted by atomic mass is 79.9. The number of benzene rings is 1. The van der Waals surface area contributed by atoms with Crippen molar-refractivity contribution in [2.75, 3.05) is 5.32 Å². The van der Waals surface area contributed by atoms with Gasteiger partial charge in [0.2, 0.25) is 11.8 Å². The van der Waals surface area contributed by atoms with Gasteiger partial charge in [-0.2, -0.15) is 0 Å². The molecular formula is C14H15BrN2O2. The van der Waals surface area contributed by atoms with Gasteiger partial charge in [-0.05, 0) is 13.3 Å². The number of halogens is 1. The molecule has 0 aliphatic heterocycles. The van der Waals surface area contributed by atoms with Crippen LogP contribution in [0.25, 0.3) is 11.3 Å². The molecule has 100 valence electrons. The fourth-order valence-electron chi connectivity index (χ4n) is 1.58. The van der Waals surface area contributed by atoms with E-state index in [-0.39, 0.29) is 10.7 Å². The van der Waals surface area contributed by atoms with Gasteiger partial charge in [-0.25, -0.2) is 0 Å². The Morgan fingerprint density at radius 3 is 2.74 bits per heavy atom. The fourth-order valence-corrected chi connectivity index (χ4v) is 1.69. The van der Waals surface area contributed by atoms with Gasteiger partial charge < -0.3 is 4.52 Å². The number of aromatic nitrogens is 1. The fraction of sp³-hybridized carbons (Fsp3) is 0.286. The molecule has 0 saturated heterocycles. The molecule has 1 aromatic heterocycles. The van der Waals surface area contributed by atoms with Crippen molar-refractivity contribution < 1.29 is 9.32 Å². The molecule has 0 saturated carbocycles. The molecule has 4 nitrogen and oxygen atoms in total. The Kier molecular flexibility index (Phi) is 4.37. The predicted octanol–water partition coefficient (Wildman–Crippen LogP) is 3.76. The number of carbonyl (C=O) groups excluding carboxylic acids is 1. The molecule has 2 aromatic rings. The van der Waals surface area contributed by atoms with Crippen molar-refractivity contribution in [3.05, 3.63) is 35.9 Å². The van der Waals surface area contributed by atoms with Crippen molar-refractivity contribution in [1.29, 1.82) is 0 Å². The first kappa shape index (κ1) is 13.8. The summed E-state index contributed by atoms with van der Waals surface area (Å²) < 4.78 is 5.11. The van der Waals surface area contributed by atoms with Gasteiger partial charge in [-0.3, -0.25) is 10.1 Å². The number of hydrogen-bond acceptors (Lipinski definition) is 3. The van der Waals surface area contributed by atoms with Crippen LogP contribution >= 0.6 is 15.9 Å². The number of rotatable bonds is 4. The quantitative estimate of drug-likeness (QED) is 0.872. The predicted molar refractivity (Wildman–Crippen MR) is 78.3 cm³/mol. The van der Waals surface area contributed by atoms with Gasteiger partial charge in [0.1, 0.15) is 5.69 Å². The lowest BCUT2D eigenvalue weighted by molar-refractivity contribution is -0.115. The second-order valence-electron chi connectivity index (χ2n) is 4.31. The van der Waals surface area contributed by atoms with Crippen LogP contribution in [-0.2, 0) is 4.79 Å². The van der Waals surface area contributed by atoms with Crippen LogP contribution in [0.4, 0.5) is 5.88 Å². The summed E-state index contributed by atoms with van der Waals surface area (Å²) in [6.45, 7) is 3.95. The van der Waals surface area contributed by atoms with Crippen LogP contribution in [0.3, 0.4) is 0 Å². The average Bonchev–Trinajstić information content (AvgIpc) is 2.87. The largest absolute Gasteiger partial charge is 0.338 e. The maximum absolute atomic E-state index is 11.7. The molecular weight excluding hydrogens is 308 g/mol. The number of aryl methyl sites for hydroxylation is 1. The number of amides is 1. The van der Waals surface area contributed by atoms with Crippen molar-refractivity contribution in [2.24, 2.45) is 0 Å². The molecule has 0 aliphatic rings. The van der Waals surface area contributed by atoms with Crippen LogP contribution in [0, 0.1) is 6.92 Å². The van der Waals surface area contributed by atoms with E-state index in [9.17, 15) is 4.79 Å².